The lowest BCUT2D eigenvalue weighted by molar-refractivity contribution is 0.0641. The van der Waals surface area contributed by atoms with E-state index in [1.807, 2.05) is 31.2 Å². The molecule has 1 fully saturated rings. The third kappa shape index (κ3) is 5.76. The number of carbonyl (C=O) groups excluding carboxylic acids is 4. The molecule has 0 N–H and O–H groups in total. The molecule has 6 rings (SSSR count). The SMILES string of the molecule is CCN(C(=O)c1ccc(CN2C(=O)c3ccccc3C2=O)cc1N1CCC(C(=O)c2ccc(F)cc2)CC1)c1ccccc1OC. The van der Waals surface area contributed by atoms with Crippen LogP contribution in [0.3, 0.4) is 0 Å². The number of anilines is 2. The van der Waals surface area contributed by atoms with Crippen molar-refractivity contribution in [3.63, 3.8) is 0 Å². The molecule has 0 atom stereocenters. The molecule has 0 aliphatic carbocycles. The number of para-hydroxylation sites is 2. The zero-order valence-electron chi connectivity index (χ0n) is 25.7. The van der Waals surface area contributed by atoms with E-state index in [4.69, 9.17) is 4.74 Å². The monoisotopic (exact) mass is 619 g/mol. The standard InChI is InChI=1S/C37H34FN3O5/c1-3-40(31-10-6-7-11-33(31)46-2)37(45)30-17-12-24(23-41-35(43)28-8-4-5-9-29(28)36(41)44)22-32(30)39-20-18-26(19-21-39)34(42)25-13-15-27(38)16-14-25/h4-17,22,26H,3,18-21,23H2,1-2H3. The molecule has 2 aliphatic heterocycles. The summed E-state index contributed by atoms with van der Waals surface area (Å²) in [5.41, 5.74) is 3.70. The highest BCUT2D eigenvalue weighted by atomic mass is 19.1. The largest absolute Gasteiger partial charge is 0.495 e. The van der Waals surface area contributed by atoms with E-state index >= 15 is 0 Å². The molecular weight excluding hydrogens is 585 g/mol. The van der Waals surface area contributed by atoms with Gasteiger partial charge in [0, 0.05) is 36.8 Å². The highest BCUT2D eigenvalue weighted by Crippen LogP contribution is 2.34. The van der Waals surface area contributed by atoms with Gasteiger partial charge in [0.05, 0.1) is 36.0 Å². The van der Waals surface area contributed by atoms with Crippen LogP contribution in [0.25, 0.3) is 0 Å². The molecule has 3 amide bonds. The average Bonchev–Trinajstić information content (AvgIpc) is 3.33. The van der Waals surface area contributed by atoms with Gasteiger partial charge in [-0.25, -0.2) is 4.39 Å². The van der Waals surface area contributed by atoms with Crippen LogP contribution >= 0.6 is 0 Å². The minimum absolute atomic E-state index is 0.0244. The van der Waals surface area contributed by atoms with Crippen molar-refractivity contribution < 1.29 is 28.3 Å². The van der Waals surface area contributed by atoms with Crippen molar-refractivity contribution in [2.24, 2.45) is 5.92 Å². The molecule has 1 saturated heterocycles. The van der Waals surface area contributed by atoms with E-state index in [0.717, 1.165) is 0 Å². The number of hydrogen-bond donors (Lipinski definition) is 0. The Morgan fingerprint density at radius 1 is 0.870 bits per heavy atom. The number of fused-ring (bicyclic) bond motifs is 1. The number of rotatable bonds is 9. The number of nitrogens with zero attached hydrogens (tertiary/aromatic N) is 3. The van der Waals surface area contributed by atoms with Gasteiger partial charge in [0.25, 0.3) is 17.7 Å². The molecule has 0 unspecified atom stereocenters. The Hall–Kier alpha value is -5.31. The van der Waals surface area contributed by atoms with E-state index in [1.54, 1.807) is 54.5 Å². The highest BCUT2D eigenvalue weighted by molar-refractivity contribution is 6.21. The van der Waals surface area contributed by atoms with Crippen molar-refractivity contribution in [1.29, 1.82) is 0 Å². The number of piperidine rings is 1. The van der Waals surface area contributed by atoms with Crippen molar-refractivity contribution in [1.82, 2.24) is 4.90 Å². The van der Waals surface area contributed by atoms with Gasteiger partial charge in [-0.2, -0.15) is 0 Å². The van der Waals surface area contributed by atoms with Gasteiger partial charge in [-0.1, -0.05) is 30.3 Å². The molecule has 2 heterocycles. The molecule has 0 radical (unpaired) electrons. The van der Waals surface area contributed by atoms with E-state index in [1.165, 1.54) is 29.2 Å². The molecule has 8 nitrogen and oxygen atoms in total. The second kappa shape index (κ2) is 13.0. The fourth-order valence-corrected chi connectivity index (χ4v) is 6.34. The van der Waals surface area contributed by atoms with Gasteiger partial charge in [-0.3, -0.25) is 24.1 Å². The summed E-state index contributed by atoms with van der Waals surface area (Å²) in [7, 11) is 1.56. The van der Waals surface area contributed by atoms with Gasteiger partial charge in [-0.05, 0) is 86.0 Å². The van der Waals surface area contributed by atoms with Crippen LogP contribution in [0.15, 0.2) is 91.0 Å². The van der Waals surface area contributed by atoms with E-state index < -0.39 is 0 Å². The minimum Gasteiger partial charge on any atom is -0.495 e. The minimum atomic E-state index is -0.390. The second-order valence-electron chi connectivity index (χ2n) is 11.4. The first-order valence-corrected chi connectivity index (χ1v) is 15.4. The van der Waals surface area contributed by atoms with Crippen LogP contribution in [0.1, 0.15) is 66.8 Å². The first-order valence-electron chi connectivity index (χ1n) is 15.4. The summed E-state index contributed by atoms with van der Waals surface area (Å²) in [5, 5.41) is 0. The molecular formula is C37H34FN3O5. The van der Waals surface area contributed by atoms with Crippen molar-refractivity contribution in [2.45, 2.75) is 26.3 Å². The first-order chi connectivity index (χ1) is 22.3. The summed E-state index contributed by atoms with van der Waals surface area (Å²) in [6.07, 6.45) is 1.10. The van der Waals surface area contributed by atoms with Crippen LogP contribution < -0.4 is 14.5 Å². The predicted octanol–water partition coefficient (Wildman–Crippen LogP) is 6.40. The number of hydrogen-bond acceptors (Lipinski definition) is 6. The quantitative estimate of drug-likeness (QED) is 0.159. The van der Waals surface area contributed by atoms with Crippen molar-refractivity contribution in [2.75, 3.05) is 36.5 Å². The van der Waals surface area contributed by atoms with Crippen LogP contribution in [-0.2, 0) is 6.54 Å². The average molecular weight is 620 g/mol. The number of imide groups is 1. The van der Waals surface area contributed by atoms with E-state index in [0.29, 0.717) is 77.4 Å². The lowest BCUT2D eigenvalue weighted by atomic mass is 9.88. The number of ketones is 1. The maximum absolute atomic E-state index is 14.2. The fraction of sp³-hybridized carbons (Fsp3) is 0.243. The zero-order chi connectivity index (χ0) is 32.4. The number of benzene rings is 4. The van der Waals surface area contributed by atoms with Gasteiger partial charge < -0.3 is 14.5 Å². The van der Waals surface area contributed by atoms with E-state index in [2.05, 4.69) is 4.90 Å². The third-order valence-electron chi connectivity index (χ3n) is 8.78. The first kappa shape index (κ1) is 30.7. The Morgan fingerprint density at radius 2 is 1.50 bits per heavy atom. The number of methoxy groups -OCH3 is 1. The Balaban J connectivity index is 1.31. The summed E-state index contributed by atoms with van der Waals surface area (Å²) in [4.78, 5) is 58.7. The summed E-state index contributed by atoms with van der Waals surface area (Å²) in [6, 6.07) is 25.1. The molecule has 2 aliphatic rings. The highest BCUT2D eigenvalue weighted by Gasteiger charge is 2.36. The fourth-order valence-electron chi connectivity index (χ4n) is 6.34. The Labute approximate surface area is 267 Å². The molecule has 9 heteroatoms. The van der Waals surface area contributed by atoms with Crippen LogP contribution in [0, 0.1) is 11.7 Å². The van der Waals surface area contributed by atoms with Gasteiger partial charge in [0.1, 0.15) is 11.6 Å². The molecule has 0 spiro atoms. The molecule has 234 valence electrons. The van der Waals surface area contributed by atoms with E-state index in [-0.39, 0.29) is 41.8 Å². The van der Waals surface area contributed by atoms with Crippen molar-refractivity contribution in [3.8, 4) is 5.75 Å². The van der Waals surface area contributed by atoms with Crippen LogP contribution in [0.2, 0.25) is 0 Å². The number of halogens is 1. The third-order valence-corrected chi connectivity index (χ3v) is 8.78. The normalized spacial score (nSPS) is 14.8. The van der Waals surface area contributed by atoms with Crippen molar-refractivity contribution >= 4 is 34.9 Å². The van der Waals surface area contributed by atoms with Crippen LogP contribution in [-0.4, -0.2) is 55.1 Å². The van der Waals surface area contributed by atoms with Crippen LogP contribution in [0.5, 0.6) is 5.75 Å². The van der Waals surface area contributed by atoms with E-state index in [9.17, 15) is 23.6 Å². The Kier molecular flexibility index (Phi) is 8.66. The molecule has 46 heavy (non-hydrogen) atoms. The predicted molar refractivity (Wildman–Crippen MR) is 173 cm³/mol. The summed E-state index contributed by atoms with van der Waals surface area (Å²) in [5.74, 6) is -1.00. The molecule has 4 aromatic rings. The molecule has 4 aromatic carbocycles. The summed E-state index contributed by atoms with van der Waals surface area (Å²) < 4.78 is 19.0. The van der Waals surface area contributed by atoms with Gasteiger partial charge in [-0.15, -0.1) is 0 Å². The maximum atomic E-state index is 14.2. The number of Topliss-reactive ketones (excluding diaryl/α,β-unsaturated/α-hetero) is 1. The molecule has 0 saturated carbocycles. The second-order valence-corrected chi connectivity index (χ2v) is 11.4. The number of amides is 3. The topological polar surface area (TPSA) is 87.2 Å². The maximum Gasteiger partial charge on any atom is 0.261 e. The van der Waals surface area contributed by atoms with Crippen LogP contribution in [0.4, 0.5) is 15.8 Å². The van der Waals surface area contributed by atoms with Gasteiger partial charge in [0.15, 0.2) is 5.78 Å². The van der Waals surface area contributed by atoms with Crippen molar-refractivity contribution in [3.05, 3.63) is 125 Å². The molecule has 0 aromatic heterocycles. The number of carbonyl (C=O) groups is 4. The Morgan fingerprint density at radius 3 is 2.13 bits per heavy atom. The van der Waals surface area contributed by atoms with Gasteiger partial charge in [0.2, 0.25) is 0 Å². The number of ether oxygens (including phenoxy) is 1. The zero-order valence-corrected chi connectivity index (χ0v) is 25.7. The lowest BCUT2D eigenvalue weighted by Gasteiger charge is -2.35. The smallest absolute Gasteiger partial charge is 0.261 e. The lowest BCUT2D eigenvalue weighted by Crippen LogP contribution is -2.39. The van der Waals surface area contributed by atoms with Gasteiger partial charge >= 0.3 is 0 Å². The Bertz CT molecular complexity index is 1780. The summed E-state index contributed by atoms with van der Waals surface area (Å²) in [6.45, 7) is 3.36. The summed E-state index contributed by atoms with van der Waals surface area (Å²) >= 11 is 0. The molecule has 0 bridgehead atoms.